The third-order valence-corrected chi connectivity index (χ3v) is 4.33. The second-order valence-corrected chi connectivity index (χ2v) is 6.12. The number of aromatic hydroxyl groups is 1. The highest BCUT2D eigenvalue weighted by atomic mass is 19.1. The number of ether oxygens (including phenoxy) is 1. The Hall–Kier alpha value is -2.51. The SMILES string of the molecule is O=C(NCc1ccccc1CN1CCOCC1)c1cc(F)cc(F)c1O. The van der Waals surface area contributed by atoms with E-state index in [0.717, 1.165) is 36.8 Å². The molecule has 0 atom stereocenters. The lowest BCUT2D eigenvalue weighted by Gasteiger charge is -2.27. The standard InChI is InChI=1S/C19H20F2N2O3/c20-15-9-16(18(24)17(21)10-15)19(25)22-11-13-3-1-2-4-14(13)12-23-5-7-26-8-6-23/h1-4,9-10,24H,5-8,11-12H2,(H,22,25). The van der Waals surface area contributed by atoms with Gasteiger partial charge in [0.1, 0.15) is 5.82 Å². The fourth-order valence-electron chi connectivity index (χ4n) is 2.89. The van der Waals surface area contributed by atoms with Crippen LogP contribution in [0.5, 0.6) is 5.75 Å². The molecule has 2 aromatic rings. The van der Waals surface area contributed by atoms with Gasteiger partial charge >= 0.3 is 0 Å². The van der Waals surface area contributed by atoms with Crippen molar-refractivity contribution in [3.63, 3.8) is 0 Å². The summed E-state index contributed by atoms with van der Waals surface area (Å²) in [6.45, 7) is 4.01. The minimum Gasteiger partial charge on any atom is -0.504 e. The zero-order valence-electron chi connectivity index (χ0n) is 14.2. The van der Waals surface area contributed by atoms with Crippen LogP contribution in [0.2, 0.25) is 0 Å². The average molecular weight is 362 g/mol. The van der Waals surface area contributed by atoms with Gasteiger partial charge in [0, 0.05) is 32.2 Å². The average Bonchev–Trinajstić information content (AvgIpc) is 2.64. The second kappa shape index (κ2) is 8.25. The highest BCUT2D eigenvalue weighted by molar-refractivity contribution is 5.96. The number of rotatable bonds is 5. The van der Waals surface area contributed by atoms with Crippen LogP contribution in [0.3, 0.4) is 0 Å². The molecule has 26 heavy (non-hydrogen) atoms. The maximum atomic E-state index is 13.4. The monoisotopic (exact) mass is 362 g/mol. The molecule has 0 saturated carbocycles. The van der Waals surface area contributed by atoms with Gasteiger partial charge in [-0.1, -0.05) is 24.3 Å². The Morgan fingerprint density at radius 2 is 1.85 bits per heavy atom. The van der Waals surface area contributed by atoms with Gasteiger partial charge in [-0.2, -0.15) is 0 Å². The van der Waals surface area contributed by atoms with E-state index in [1.807, 2.05) is 24.3 Å². The van der Waals surface area contributed by atoms with Crippen molar-refractivity contribution in [2.45, 2.75) is 13.1 Å². The summed E-state index contributed by atoms with van der Waals surface area (Å²) >= 11 is 0. The largest absolute Gasteiger partial charge is 0.504 e. The molecule has 0 unspecified atom stereocenters. The number of carbonyl (C=O) groups excluding carboxylic acids is 1. The van der Waals surface area contributed by atoms with Gasteiger partial charge in [-0.05, 0) is 17.2 Å². The Labute approximate surface area is 150 Å². The first kappa shape index (κ1) is 18.3. The molecule has 1 amide bonds. The minimum atomic E-state index is -1.16. The van der Waals surface area contributed by atoms with Crippen molar-refractivity contribution in [3.8, 4) is 5.75 Å². The van der Waals surface area contributed by atoms with Gasteiger partial charge in [-0.25, -0.2) is 8.78 Å². The number of hydrogen-bond donors (Lipinski definition) is 2. The number of phenolic OH excluding ortho intramolecular Hbond substituents is 1. The maximum Gasteiger partial charge on any atom is 0.255 e. The molecule has 0 radical (unpaired) electrons. The Kier molecular flexibility index (Phi) is 5.80. The number of morpholine rings is 1. The number of nitrogens with zero attached hydrogens (tertiary/aromatic N) is 1. The zero-order valence-corrected chi connectivity index (χ0v) is 14.2. The van der Waals surface area contributed by atoms with Gasteiger partial charge in [0.2, 0.25) is 0 Å². The molecule has 138 valence electrons. The van der Waals surface area contributed by atoms with Crippen molar-refractivity contribution >= 4 is 5.91 Å². The molecule has 1 fully saturated rings. The number of amides is 1. The van der Waals surface area contributed by atoms with E-state index in [0.29, 0.717) is 19.3 Å². The van der Waals surface area contributed by atoms with Gasteiger partial charge in [0.05, 0.1) is 18.8 Å². The fraction of sp³-hybridized carbons (Fsp3) is 0.316. The van der Waals surface area contributed by atoms with Crippen LogP contribution in [0.4, 0.5) is 8.78 Å². The van der Waals surface area contributed by atoms with Crippen molar-refractivity contribution < 1.29 is 23.4 Å². The molecule has 1 aliphatic heterocycles. The summed E-state index contributed by atoms with van der Waals surface area (Å²) in [4.78, 5) is 14.5. The third kappa shape index (κ3) is 4.36. The normalized spacial score (nSPS) is 15.0. The molecule has 0 aromatic heterocycles. The van der Waals surface area contributed by atoms with E-state index < -0.39 is 28.9 Å². The van der Waals surface area contributed by atoms with Crippen LogP contribution in [0.15, 0.2) is 36.4 Å². The summed E-state index contributed by atoms with van der Waals surface area (Å²) in [5, 5.41) is 12.3. The molecule has 3 rings (SSSR count). The molecular weight excluding hydrogens is 342 g/mol. The van der Waals surface area contributed by atoms with E-state index in [2.05, 4.69) is 10.2 Å². The Bertz CT molecular complexity index is 792. The molecule has 1 heterocycles. The van der Waals surface area contributed by atoms with Gasteiger partial charge < -0.3 is 15.2 Å². The van der Waals surface area contributed by atoms with Gasteiger partial charge in [-0.15, -0.1) is 0 Å². The van der Waals surface area contributed by atoms with Crippen LogP contribution in [-0.4, -0.2) is 42.2 Å². The van der Waals surface area contributed by atoms with E-state index in [9.17, 15) is 18.7 Å². The number of hydrogen-bond acceptors (Lipinski definition) is 4. The maximum absolute atomic E-state index is 13.4. The number of carbonyl (C=O) groups is 1. The Morgan fingerprint density at radius 3 is 2.58 bits per heavy atom. The molecular formula is C19H20F2N2O3. The molecule has 1 saturated heterocycles. The zero-order chi connectivity index (χ0) is 18.5. The van der Waals surface area contributed by atoms with E-state index in [1.54, 1.807) is 0 Å². The lowest BCUT2D eigenvalue weighted by atomic mass is 10.1. The van der Waals surface area contributed by atoms with E-state index >= 15 is 0 Å². The van der Waals surface area contributed by atoms with Crippen LogP contribution in [0, 0.1) is 11.6 Å². The molecule has 5 nitrogen and oxygen atoms in total. The summed E-state index contributed by atoms with van der Waals surface area (Å²) in [5.41, 5.74) is 1.54. The summed E-state index contributed by atoms with van der Waals surface area (Å²) in [5.74, 6) is -3.67. The summed E-state index contributed by atoms with van der Waals surface area (Å²) < 4.78 is 32.1. The Morgan fingerprint density at radius 1 is 1.15 bits per heavy atom. The molecule has 1 aliphatic rings. The van der Waals surface area contributed by atoms with Crippen molar-refractivity contribution in [3.05, 3.63) is 64.7 Å². The van der Waals surface area contributed by atoms with Crippen LogP contribution >= 0.6 is 0 Å². The van der Waals surface area contributed by atoms with Gasteiger partial charge in [0.25, 0.3) is 5.91 Å². The first-order valence-electron chi connectivity index (χ1n) is 8.37. The number of halogens is 2. The van der Waals surface area contributed by atoms with E-state index in [4.69, 9.17) is 4.74 Å². The van der Waals surface area contributed by atoms with Crippen molar-refractivity contribution in [2.75, 3.05) is 26.3 Å². The first-order valence-corrected chi connectivity index (χ1v) is 8.37. The number of nitrogens with one attached hydrogen (secondary N) is 1. The molecule has 0 bridgehead atoms. The number of benzene rings is 2. The topological polar surface area (TPSA) is 61.8 Å². The van der Waals surface area contributed by atoms with E-state index in [1.165, 1.54) is 0 Å². The van der Waals surface area contributed by atoms with Gasteiger partial charge in [0.15, 0.2) is 11.6 Å². The molecule has 0 spiro atoms. The molecule has 2 aromatic carbocycles. The minimum absolute atomic E-state index is 0.191. The lowest BCUT2D eigenvalue weighted by Crippen LogP contribution is -2.36. The lowest BCUT2D eigenvalue weighted by molar-refractivity contribution is 0.0340. The first-order chi connectivity index (χ1) is 12.5. The number of phenols is 1. The fourth-order valence-corrected chi connectivity index (χ4v) is 2.89. The van der Waals surface area contributed by atoms with Crippen LogP contribution in [0.25, 0.3) is 0 Å². The van der Waals surface area contributed by atoms with Crippen LogP contribution < -0.4 is 5.32 Å². The molecule has 2 N–H and O–H groups in total. The van der Waals surface area contributed by atoms with Crippen LogP contribution in [0.1, 0.15) is 21.5 Å². The van der Waals surface area contributed by atoms with Crippen molar-refractivity contribution in [2.24, 2.45) is 0 Å². The predicted molar refractivity (Wildman–Crippen MR) is 91.7 cm³/mol. The summed E-state index contributed by atoms with van der Waals surface area (Å²) in [6, 6.07) is 9.01. The van der Waals surface area contributed by atoms with Crippen molar-refractivity contribution in [1.29, 1.82) is 0 Å². The highest BCUT2D eigenvalue weighted by Gasteiger charge is 2.18. The smallest absolute Gasteiger partial charge is 0.255 e. The quantitative estimate of drug-likeness (QED) is 0.858. The predicted octanol–water partition coefficient (Wildman–Crippen LogP) is 2.43. The molecule has 0 aliphatic carbocycles. The van der Waals surface area contributed by atoms with Crippen LogP contribution in [-0.2, 0) is 17.8 Å². The molecule has 7 heteroatoms. The van der Waals surface area contributed by atoms with E-state index in [-0.39, 0.29) is 6.54 Å². The van der Waals surface area contributed by atoms with Crippen molar-refractivity contribution in [1.82, 2.24) is 10.2 Å². The summed E-state index contributed by atoms with van der Waals surface area (Å²) in [6.07, 6.45) is 0. The second-order valence-electron chi connectivity index (χ2n) is 6.12. The van der Waals surface area contributed by atoms with Gasteiger partial charge in [-0.3, -0.25) is 9.69 Å². The third-order valence-electron chi connectivity index (χ3n) is 4.33. The Balaban J connectivity index is 1.69. The highest BCUT2D eigenvalue weighted by Crippen LogP contribution is 2.22. The summed E-state index contributed by atoms with van der Waals surface area (Å²) in [7, 11) is 0.